The molecule has 0 bridgehead atoms. The van der Waals surface area contributed by atoms with E-state index in [4.69, 9.17) is 0 Å². The standard InChI is InChI=1S/C19H22N6O2/c26-17(9-8-16-22-19(27)24-23-16)25-10-14(18-15(11-25)20-12-21-18)7-6-13-4-2-1-3-5-13/h1-5,12,14H,6-11H2,(H,20,21)(H2,22,23,24,27). The van der Waals surface area contributed by atoms with E-state index >= 15 is 0 Å². The summed E-state index contributed by atoms with van der Waals surface area (Å²) in [5, 5.41) is 6.18. The van der Waals surface area contributed by atoms with Crippen LogP contribution in [0.25, 0.3) is 0 Å². The number of hydrogen-bond acceptors (Lipinski definition) is 4. The maximum atomic E-state index is 12.7. The molecule has 1 unspecified atom stereocenters. The SMILES string of the molecule is O=C(CCc1n[nH]c(=O)[nH]1)N1Cc2[nH]cnc2C(CCc2ccccc2)C1. The first-order chi connectivity index (χ1) is 13.2. The lowest BCUT2D eigenvalue weighted by Crippen LogP contribution is -2.38. The van der Waals surface area contributed by atoms with Gasteiger partial charge in [-0.2, -0.15) is 5.10 Å². The number of fused-ring (bicyclic) bond motifs is 1. The van der Waals surface area contributed by atoms with Crippen molar-refractivity contribution in [2.75, 3.05) is 6.54 Å². The van der Waals surface area contributed by atoms with E-state index < -0.39 is 0 Å². The van der Waals surface area contributed by atoms with E-state index in [2.05, 4.69) is 37.3 Å². The lowest BCUT2D eigenvalue weighted by Gasteiger charge is -2.32. The number of carbonyl (C=O) groups excluding carboxylic acids is 1. The molecular formula is C19H22N6O2. The van der Waals surface area contributed by atoms with Crippen LogP contribution < -0.4 is 5.69 Å². The Hall–Kier alpha value is -3.16. The second-order valence-corrected chi connectivity index (χ2v) is 6.89. The number of aromatic nitrogens is 5. The van der Waals surface area contributed by atoms with Gasteiger partial charge in [0.15, 0.2) is 0 Å². The number of amides is 1. The molecule has 8 heteroatoms. The van der Waals surface area contributed by atoms with Crippen molar-refractivity contribution < 1.29 is 4.79 Å². The third kappa shape index (κ3) is 3.99. The van der Waals surface area contributed by atoms with Crippen molar-refractivity contribution >= 4 is 5.91 Å². The van der Waals surface area contributed by atoms with Gasteiger partial charge >= 0.3 is 5.69 Å². The Morgan fingerprint density at radius 3 is 2.85 bits per heavy atom. The first-order valence-corrected chi connectivity index (χ1v) is 9.16. The van der Waals surface area contributed by atoms with E-state index in [1.54, 1.807) is 6.33 Å². The quantitative estimate of drug-likeness (QED) is 0.614. The fourth-order valence-electron chi connectivity index (χ4n) is 3.63. The maximum Gasteiger partial charge on any atom is 0.340 e. The van der Waals surface area contributed by atoms with Crippen molar-refractivity contribution in [3.63, 3.8) is 0 Å². The molecule has 0 saturated heterocycles. The van der Waals surface area contributed by atoms with Crippen LogP contribution in [0.4, 0.5) is 0 Å². The van der Waals surface area contributed by atoms with E-state index in [0.29, 0.717) is 31.8 Å². The highest BCUT2D eigenvalue weighted by molar-refractivity contribution is 5.76. The van der Waals surface area contributed by atoms with Gasteiger partial charge in [-0.1, -0.05) is 30.3 Å². The van der Waals surface area contributed by atoms with E-state index in [0.717, 1.165) is 24.2 Å². The molecule has 3 heterocycles. The molecule has 1 aromatic carbocycles. The van der Waals surface area contributed by atoms with E-state index in [-0.39, 0.29) is 17.5 Å². The zero-order chi connectivity index (χ0) is 18.6. The van der Waals surface area contributed by atoms with Crippen LogP contribution in [0, 0.1) is 0 Å². The molecule has 4 rings (SSSR count). The summed E-state index contributed by atoms with van der Waals surface area (Å²) in [6.45, 7) is 1.22. The van der Waals surface area contributed by atoms with Crippen molar-refractivity contribution in [3.05, 3.63) is 69.9 Å². The van der Waals surface area contributed by atoms with Crippen molar-refractivity contribution in [1.82, 2.24) is 30.0 Å². The number of imidazole rings is 1. The maximum absolute atomic E-state index is 12.7. The number of benzene rings is 1. The molecule has 8 nitrogen and oxygen atoms in total. The molecule has 1 atom stereocenters. The smallest absolute Gasteiger partial charge is 0.340 e. The fourth-order valence-corrected chi connectivity index (χ4v) is 3.63. The minimum atomic E-state index is -0.349. The number of aryl methyl sites for hydroxylation is 2. The molecule has 0 fully saturated rings. The minimum absolute atomic E-state index is 0.0591. The second-order valence-electron chi connectivity index (χ2n) is 6.89. The van der Waals surface area contributed by atoms with Crippen molar-refractivity contribution in [1.29, 1.82) is 0 Å². The Labute approximate surface area is 156 Å². The molecule has 2 aromatic heterocycles. The lowest BCUT2D eigenvalue weighted by atomic mass is 9.91. The highest BCUT2D eigenvalue weighted by Crippen LogP contribution is 2.29. The largest absolute Gasteiger partial charge is 0.347 e. The van der Waals surface area contributed by atoms with Gasteiger partial charge in [0, 0.05) is 25.3 Å². The number of nitrogens with one attached hydrogen (secondary N) is 3. The van der Waals surface area contributed by atoms with Crippen molar-refractivity contribution in [2.45, 2.75) is 38.1 Å². The highest BCUT2D eigenvalue weighted by Gasteiger charge is 2.29. The summed E-state index contributed by atoms with van der Waals surface area (Å²) in [6, 6.07) is 10.4. The summed E-state index contributed by atoms with van der Waals surface area (Å²) in [6.07, 6.45) is 4.34. The zero-order valence-electron chi connectivity index (χ0n) is 14.9. The Bertz CT molecular complexity index is 958. The van der Waals surface area contributed by atoms with Crippen LogP contribution in [0.15, 0.2) is 41.5 Å². The summed E-state index contributed by atoms with van der Waals surface area (Å²) in [5.41, 5.74) is 3.03. The van der Waals surface area contributed by atoms with Crippen molar-refractivity contribution in [3.8, 4) is 0 Å². The van der Waals surface area contributed by atoms with E-state index in [9.17, 15) is 9.59 Å². The van der Waals surface area contributed by atoms with Crippen LogP contribution in [0.3, 0.4) is 0 Å². The normalized spacial score (nSPS) is 16.3. The average molecular weight is 366 g/mol. The van der Waals surface area contributed by atoms with Gasteiger partial charge in [-0.25, -0.2) is 14.9 Å². The van der Waals surface area contributed by atoms with E-state index in [1.807, 2.05) is 23.1 Å². The summed E-state index contributed by atoms with van der Waals surface area (Å²) >= 11 is 0. The third-order valence-electron chi connectivity index (χ3n) is 5.03. The first-order valence-electron chi connectivity index (χ1n) is 9.16. The van der Waals surface area contributed by atoms with Gasteiger partial charge in [-0.05, 0) is 18.4 Å². The van der Waals surface area contributed by atoms with Gasteiger partial charge in [0.1, 0.15) is 5.82 Å². The number of H-pyrrole nitrogens is 3. The fraction of sp³-hybridized carbons (Fsp3) is 0.368. The Balaban J connectivity index is 1.41. The van der Waals surface area contributed by atoms with Gasteiger partial charge in [-0.3, -0.25) is 9.78 Å². The molecule has 0 spiro atoms. The van der Waals surface area contributed by atoms with Crippen LogP contribution >= 0.6 is 0 Å². The van der Waals surface area contributed by atoms with Crippen LogP contribution in [-0.4, -0.2) is 42.5 Å². The van der Waals surface area contributed by atoms with Gasteiger partial charge < -0.3 is 9.88 Å². The van der Waals surface area contributed by atoms with E-state index in [1.165, 1.54) is 5.56 Å². The molecule has 1 amide bonds. The summed E-state index contributed by atoms with van der Waals surface area (Å²) in [4.78, 5) is 35.9. The third-order valence-corrected chi connectivity index (χ3v) is 5.03. The van der Waals surface area contributed by atoms with Gasteiger partial charge in [0.2, 0.25) is 5.91 Å². The summed E-state index contributed by atoms with van der Waals surface area (Å²) < 4.78 is 0. The molecule has 27 heavy (non-hydrogen) atoms. The average Bonchev–Trinajstić information content (AvgIpc) is 3.33. The number of nitrogens with zero attached hydrogens (tertiary/aromatic N) is 3. The van der Waals surface area contributed by atoms with Gasteiger partial charge in [0.25, 0.3) is 0 Å². The minimum Gasteiger partial charge on any atom is -0.347 e. The van der Waals surface area contributed by atoms with Crippen molar-refractivity contribution in [2.24, 2.45) is 0 Å². The summed E-state index contributed by atoms with van der Waals surface area (Å²) in [5.74, 6) is 0.784. The van der Waals surface area contributed by atoms with Crippen LogP contribution in [0.1, 0.15) is 41.5 Å². The molecule has 3 N–H and O–H groups in total. The Morgan fingerprint density at radius 2 is 2.07 bits per heavy atom. The Kier molecular flexibility index (Phi) is 4.86. The molecular weight excluding hydrogens is 344 g/mol. The summed E-state index contributed by atoms with van der Waals surface area (Å²) in [7, 11) is 0. The lowest BCUT2D eigenvalue weighted by molar-refractivity contribution is -0.132. The van der Waals surface area contributed by atoms with Gasteiger partial charge in [0.05, 0.1) is 24.3 Å². The number of hydrogen-bond donors (Lipinski definition) is 3. The van der Waals surface area contributed by atoms with Gasteiger partial charge in [-0.15, -0.1) is 0 Å². The molecule has 0 radical (unpaired) electrons. The molecule has 1 aliphatic heterocycles. The van der Waals surface area contributed by atoms with Crippen LogP contribution in [-0.2, 0) is 24.2 Å². The second kappa shape index (κ2) is 7.61. The van der Waals surface area contributed by atoms with Crippen LogP contribution in [0.5, 0.6) is 0 Å². The monoisotopic (exact) mass is 366 g/mol. The molecule has 140 valence electrons. The Morgan fingerprint density at radius 1 is 1.22 bits per heavy atom. The topological polar surface area (TPSA) is 111 Å². The van der Waals surface area contributed by atoms with Crippen LogP contribution in [0.2, 0.25) is 0 Å². The molecule has 1 aliphatic rings. The highest BCUT2D eigenvalue weighted by atomic mass is 16.2. The number of rotatable bonds is 6. The molecule has 0 saturated carbocycles. The predicted molar refractivity (Wildman–Crippen MR) is 99.0 cm³/mol. The number of carbonyl (C=O) groups is 1. The predicted octanol–water partition coefficient (Wildman–Crippen LogP) is 1.51. The molecule has 0 aliphatic carbocycles. The molecule has 3 aromatic rings. The zero-order valence-corrected chi connectivity index (χ0v) is 14.9. The first kappa shape index (κ1) is 17.3. The number of aromatic amines is 3.